The number of hydrogen-bond donors (Lipinski definition) is 3. The lowest BCUT2D eigenvalue weighted by Crippen LogP contribution is -2.60. The van der Waals surface area contributed by atoms with E-state index in [1.165, 1.54) is 77.0 Å². The Hall–Kier alpha value is -0.120. The van der Waals surface area contributed by atoms with Crippen molar-refractivity contribution in [2.45, 2.75) is 88.6 Å². The number of hydrogen-bond acceptors (Lipinski definition) is 3. The molecule has 3 saturated carbocycles. The third kappa shape index (κ3) is 3.30. The van der Waals surface area contributed by atoms with Crippen molar-refractivity contribution in [1.29, 1.82) is 0 Å². The maximum atomic E-state index is 9.64. The van der Waals surface area contributed by atoms with Gasteiger partial charge in [-0.15, -0.1) is 0 Å². The molecule has 0 bridgehead atoms. The highest BCUT2D eigenvalue weighted by Crippen LogP contribution is 2.51. The summed E-state index contributed by atoms with van der Waals surface area (Å²) >= 11 is 0. The van der Waals surface area contributed by atoms with E-state index in [1.54, 1.807) is 0 Å². The Morgan fingerprint density at radius 3 is 2.19 bits per heavy atom. The second-order valence-electron chi connectivity index (χ2n) is 8.17. The quantitative estimate of drug-likeness (QED) is 0.747. The molecule has 3 fully saturated rings. The Bertz CT molecular complexity index is 328. The van der Waals surface area contributed by atoms with Gasteiger partial charge in [-0.1, -0.05) is 25.7 Å². The van der Waals surface area contributed by atoms with Crippen LogP contribution in [0.3, 0.4) is 0 Å². The van der Waals surface area contributed by atoms with Gasteiger partial charge in [0.2, 0.25) is 0 Å². The SMILES string of the molecule is NCC1(NC2CCCCC2CO)CCC2(CCCC2)CC1. The molecule has 21 heavy (non-hydrogen) atoms. The third-order valence-electron chi connectivity index (χ3n) is 6.96. The molecule has 0 radical (unpaired) electrons. The normalized spacial score (nSPS) is 35.1. The number of aliphatic hydroxyl groups is 1. The summed E-state index contributed by atoms with van der Waals surface area (Å²) in [5, 5.41) is 13.6. The molecular weight excluding hydrogens is 260 g/mol. The van der Waals surface area contributed by atoms with Gasteiger partial charge in [0.15, 0.2) is 0 Å². The van der Waals surface area contributed by atoms with Crippen LogP contribution in [0.25, 0.3) is 0 Å². The minimum atomic E-state index is 0.156. The lowest BCUT2D eigenvalue weighted by Gasteiger charge is -2.48. The van der Waals surface area contributed by atoms with E-state index in [2.05, 4.69) is 5.32 Å². The fraction of sp³-hybridized carbons (Fsp3) is 1.00. The van der Waals surface area contributed by atoms with Gasteiger partial charge in [-0.2, -0.15) is 0 Å². The zero-order valence-electron chi connectivity index (χ0n) is 13.6. The first-order valence-corrected chi connectivity index (χ1v) is 9.30. The molecular formula is C18H34N2O. The van der Waals surface area contributed by atoms with Gasteiger partial charge in [-0.3, -0.25) is 0 Å². The van der Waals surface area contributed by atoms with Gasteiger partial charge in [0.25, 0.3) is 0 Å². The second kappa shape index (κ2) is 6.55. The molecule has 3 aliphatic carbocycles. The summed E-state index contributed by atoms with van der Waals surface area (Å²) in [6.45, 7) is 1.10. The van der Waals surface area contributed by atoms with Crippen molar-refractivity contribution in [2.24, 2.45) is 17.1 Å². The van der Waals surface area contributed by atoms with Crippen LogP contribution in [0, 0.1) is 11.3 Å². The van der Waals surface area contributed by atoms with Gasteiger partial charge < -0.3 is 16.2 Å². The van der Waals surface area contributed by atoms with Crippen LogP contribution < -0.4 is 11.1 Å². The summed E-state index contributed by atoms with van der Waals surface area (Å²) < 4.78 is 0. The molecule has 0 aromatic rings. The minimum absolute atomic E-state index is 0.156. The Balaban J connectivity index is 1.61. The smallest absolute Gasteiger partial charge is 0.0474 e. The van der Waals surface area contributed by atoms with Gasteiger partial charge in [0.05, 0.1) is 0 Å². The highest BCUT2D eigenvalue weighted by Gasteiger charge is 2.44. The van der Waals surface area contributed by atoms with Crippen LogP contribution in [0.15, 0.2) is 0 Å². The molecule has 3 heteroatoms. The summed E-state index contributed by atoms with van der Waals surface area (Å²) in [5.41, 5.74) is 7.03. The van der Waals surface area contributed by atoms with Crippen LogP contribution >= 0.6 is 0 Å². The molecule has 0 saturated heterocycles. The summed E-state index contributed by atoms with van der Waals surface area (Å²) in [4.78, 5) is 0. The van der Waals surface area contributed by atoms with Gasteiger partial charge in [-0.25, -0.2) is 0 Å². The second-order valence-corrected chi connectivity index (χ2v) is 8.17. The topological polar surface area (TPSA) is 58.3 Å². The Morgan fingerprint density at radius 1 is 0.905 bits per heavy atom. The Labute approximate surface area is 130 Å². The highest BCUT2D eigenvalue weighted by atomic mass is 16.3. The maximum absolute atomic E-state index is 9.64. The molecule has 1 spiro atoms. The van der Waals surface area contributed by atoms with E-state index in [1.807, 2.05) is 0 Å². The van der Waals surface area contributed by atoms with E-state index < -0.39 is 0 Å². The van der Waals surface area contributed by atoms with E-state index in [0.717, 1.165) is 6.54 Å². The van der Waals surface area contributed by atoms with Crippen molar-refractivity contribution in [2.75, 3.05) is 13.2 Å². The highest BCUT2D eigenvalue weighted by molar-refractivity contribution is 5.02. The van der Waals surface area contributed by atoms with Crippen LogP contribution in [0.5, 0.6) is 0 Å². The molecule has 122 valence electrons. The molecule has 3 rings (SSSR count). The molecule has 0 aromatic carbocycles. The van der Waals surface area contributed by atoms with Crippen LogP contribution in [0.4, 0.5) is 0 Å². The molecule has 0 heterocycles. The van der Waals surface area contributed by atoms with Gasteiger partial charge in [-0.05, 0) is 62.7 Å². The fourth-order valence-electron chi connectivity index (χ4n) is 5.30. The minimum Gasteiger partial charge on any atom is -0.396 e. The molecule has 2 atom stereocenters. The van der Waals surface area contributed by atoms with Gasteiger partial charge in [0.1, 0.15) is 0 Å². The van der Waals surface area contributed by atoms with E-state index in [9.17, 15) is 5.11 Å². The van der Waals surface area contributed by atoms with Crippen molar-refractivity contribution in [1.82, 2.24) is 5.32 Å². The van der Waals surface area contributed by atoms with Gasteiger partial charge >= 0.3 is 0 Å². The predicted octanol–water partition coefficient (Wildman–Crippen LogP) is 2.96. The fourth-order valence-corrected chi connectivity index (χ4v) is 5.30. The monoisotopic (exact) mass is 294 g/mol. The molecule has 0 aromatic heterocycles. The van der Waals surface area contributed by atoms with Crippen LogP contribution in [-0.2, 0) is 0 Å². The third-order valence-corrected chi connectivity index (χ3v) is 6.96. The number of nitrogens with two attached hydrogens (primary N) is 1. The summed E-state index contributed by atoms with van der Waals surface area (Å²) in [6.07, 6.45) is 16.0. The average molecular weight is 294 g/mol. The van der Waals surface area contributed by atoms with Crippen molar-refractivity contribution in [3.8, 4) is 0 Å². The van der Waals surface area contributed by atoms with Crippen LogP contribution in [-0.4, -0.2) is 29.8 Å². The zero-order valence-corrected chi connectivity index (χ0v) is 13.6. The van der Waals surface area contributed by atoms with Crippen molar-refractivity contribution < 1.29 is 5.11 Å². The number of rotatable bonds is 4. The summed E-state index contributed by atoms with van der Waals surface area (Å²) in [7, 11) is 0. The number of aliphatic hydroxyl groups excluding tert-OH is 1. The van der Waals surface area contributed by atoms with Crippen molar-refractivity contribution in [3.63, 3.8) is 0 Å². The van der Waals surface area contributed by atoms with E-state index in [4.69, 9.17) is 5.73 Å². The largest absolute Gasteiger partial charge is 0.396 e. The first-order valence-electron chi connectivity index (χ1n) is 9.30. The lowest BCUT2D eigenvalue weighted by atomic mass is 9.66. The molecule has 2 unspecified atom stereocenters. The van der Waals surface area contributed by atoms with Gasteiger partial charge in [0, 0.05) is 24.7 Å². The van der Waals surface area contributed by atoms with E-state index in [0.29, 0.717) is 24.0 Å². The maximum Gasteiger partial charge on any atom is 0.0474 e. The van der Waals surface area contributed by atoms with E-state index in [-0.39, 0.29) is 5.54 Å². The van der Waals surface area contributed by atoms with Crippen LogP contribution in [0.1, 0.15) is 77.0 Å². The Kier molecular flexibility index (Phi) is 4.92. The first-order chi connectivity index (χ1) is 10.2. The standard InChI is InChI=1S/C18H34N2O/c19-14-18(20-16-6-2-1-5-15(16)13-21)11-9-17(10-12-18)7-3-4-8-17/h15-16,20-21H,1-14,19H2. The van der Waals surface area contributed by atoms with Crippen molar-refractivity contribution >= 4 is 0 Å². The molecule has 3 nitrogen and oxygen atoms in total. The summed E-state index contributed by atoms with van der Waals surface area (Å²) in [5.74, 6) is 0.449. The molecule has 0 aliphatic heterocycles. The first kappa shape index (κ1) is 15.8. The molecule has 4 N–H and O–H groups in total. The number of nitrogens with one attached hydrogen (secondary N) is 1. The van der Waals surface area contributed by atoms with Crippen LogP contribution in [0.2, 0.25) is 0 Å². The lowest BCUT2D eigenvalue weighted by molar-refractivity contribution is 0.0751. The summed E-state index contributed by atoms with van der Waals surface area (Å²) in [6, 6.07) is 0.491. The zero-order chi connectivity index (χ0) is 14.8. The van der Waals surface area contributed by atoms with Crippen molar-refractivity contribution in [3.05, 3.63) is 0 Å². The van der Waals surface area contributed by atoms with E-state index >= 15 is 0 Å². The Morgan fingerprint density at radius 2 is 1.57 bits per heavy atom. The average Bonchev–Trinajstić information content (AvgIpc) is 2.99. The predicted molar refractivity (Wildman–Crippen MR) is 87.1 cm³/mol. The molecule has 0 amide bonds. The molecule has 3 aliphatic rings.